The fraction of sp³-hybridized carbons (Fsp3) is 0. The molecule has 3 aromatic rings. The van der Waals surface area contributed by atoms with E-state index in [4.69, 9.17) is 11.6 Å². The Morgan fingerprint density at radius 1 is 1.00 bits per heavy atom. The topological polar surface area (TPSA) is 38.7 Å². The van der Waals surface area contributed by atoms with Gasteiger partial charge in [-0.3, -0.25) is 4.98 Å². The standard InChI is InChI=1S/C15H8BrClIN3/c16-11-6-10(7-19-8-11)15-20-13(12(18)14(17)21-15)9-4-2-1-3-5-9/h1-8H. The summed E-state index contributed by atoms with van der Waals surface area (Å²) >= 11 is 11.8. The Morgan fingerprint density at radius 3 is 2.48 bits per heavy atom. The van der Waals surface area contributed by atoms with Gasteiger partial charge >= 0.3 is 0 Å². The lowest BCUT2D eigenvalue weighted by molar-refractivity contribution is 1.15. The molecule has 0 saturated heterocycles. The van der Waals surface area contributed by atoms with Crippen molar-refractivity contribution in [2.24, 2.45) is 0 Å². The van der Waals surface area contributed by atoms with Crippen LogP contribution in [-0.2, 0) is 0 Å². The molecule has 2 aromatic heterocycles. The maximum atomic E-state index is 6.27. The van der Waals surface area contributed by atoms with Crippen molar-refractivity contribution in [2.75, 3.05) is 0 Å². The lowest BCUT2D eigenvalue weighted by Crippen LogP contribution is -1.97. The summed E-state index contributed by atoms with van der Waals surface area (Å²) in [5.74, 6) is 0.563. The van der Waals surface area contributed by atoms with Crippen molar-refractivity contribution in [3.05, 3.63) is 62.0 Å². The number of aromatic nitrogens is 3. The first-order chi connectivity index (χ1) is 10.1. The number of nitrogens with zero attached hydrogens (tertiary/aromatic N) is 3. The van der Waals surface area contributed by atoms with Gasteiger partial charge in [-0.1, -0.05) is 41.9 Å². The Kier molecular flexibility index (Phi) is 4.51. The van der Waals surface area contributed by atoms with Crippen molar-refractivity contribution < 1.29 is 0 Å². The zero-order valence-electron chi connectivity index (χ0n) is 10.6. The molecule has 0 saturated carbocycles. The van der Waals surface area contributed by atoms with Crippen LogP contribution >= 0.6 is 50.1 Å². The average molecular weight is 473 g/mol. The highest BCUT2D eigenvalue weighted by molar-refractivity contribution is 14.1. The molecule has 0 atom stereocenters. The summed E-state index contributed by atoms with van der Waals surface area (Å²) < 4.78 is 1.71. The average Bonchev–Trinajstić information content (AvgIpc) is 2.51. The summed E-state index contributed by atoms with van der Waals surface area (Å²) in [6.45, 7) is 0. The minimum absolute atomic E-state index is 0.444. The summed E-state index contributed by atoms with van der Waals surface area (Å²) in [7, 11) is 0. The van der Waals surface area contributed by atoms with E-state index in [1.54, 1.807) is 12.4 Å². The van der Waals surface area contributed by atoms with Crippen molar-refractivity contribution >= 4 is 50.1 Å². The van der Waals surface area contributed by atoms with Gasteiger partial charge in [0, 0.05) is 28.0 Å². The highest BCUT2D eigenvalue weighted by Gasteiger charge is 2.14. The van der Waals surface area contributed by atoms with Crippen LogP contribution in [0, 0.1) is 3.57 Å². The van der Waals surface area contributed by atoms with Crippen LogP contribution in [0.2, 0.25) is 5.15 Å². The van der Waals surface area contributed by atoms with Gasteiger partial charge in [0.25, 0.3) is 0 Å². The molecule has 0 N–H and O–H groups in total. The molecule has 0 unspecified atom stereocenters. The quantitative estimate of drug-likeness (QED) is 0.379. The first kappa shape index (κ1) is 14.9. The minimum Gasteiger partial charge on any atom is -0.263 e. The molecule has 0 aliphatic rings. The normalized spacial score (nSPS) is 10.6. The first-order valence-corrected chi connectivity index (χ1v) is 8.29. The van der Waals surface area contributed by atoms with E-state index in [9.17, 15) is 0 Å². The molecule has 0 radical (unpaired) electrons. The summed E-state index contributed by atoms with van der Waals surface area (Å²) in [6.07, 6.45) is 3.44. The zero-order valence-corrected chi connectivity index (χ0v) is 15.1. The highest BCUT2D eigenvalue weighted by Crippen LogP contribution is 2.30. The molecular formula is C15H8BrClIN3. The van der Waals surface area contributed by atoms with E-state index in [2.05, 4.69) is 53.5 Å². The zero-order chi connectivity index (χ0) is 14.8. The van der Waals surface area contributed by atoms with Crippen LogP contribution < -0.4 is 0 Å². The van der Waals surface area contributed by atoms with E-state index in [0.717, 1.165) is 24.9 Å². The Morgan fingerprint density at radius 2 is 1.76 bits per heavy atom. The second-order valence-electron chi connectivity index (χ2n) is 4.26. The van der Waals surface area contributed by atoms with Gasteiger partial charge in [0.15, 0.2) is 5.82 Å². The molecule has 0 spiro atoms. The van der Waals surface area contributed by atoms with Gasteiger partial charge < -0.3 is 0 Å². The predicted octanol–water partition coefficient (Wildman–Crippen LogP) is 5.23. The van der Waals surface area contributed by atoms with Crippen LogP contribution in [0.4, 0.5) is 0 Å². The largest absolute Gasteiger partial charge is 0.263 e. The fourth-order valence-corrected chi connectivity index (χ4v) is 2.96. The molecule has 3 rings (SSSR count). The Hall–Kier alpha value is -1.05. The van der Waals surface area contributed by atoms with Crippen LogP contribution in [0.1, 0.15) is 0 Å². The Labute approximate surface area is 149 Å². The molecular weight excluding hydrogens is 464 g/mol. The molecule has 21 heavy (non-hydrogen) atoms. The van der Waals surface area contributed by atoms with Crippen LogP contribution in [0.25, 0.3) is 22.6 Å². The first-order valence-electron chi connectivity index (χ1n) is 6.04. The smallest absolute Gasteiger partial charge is 0.163 e. The molecule has 3 nitrogen and oxygen atoms in total. The van der Waals surface area contributed by atoms with Crippen molar-refractivity contribution in [3.63, 3.8) is 0 Å². The van der Waals surface area contributed by atoms with Gasteiger partial charge in [-0.05, 0) is 44.6 Å². The van der Waals surface area contributed by atoms with E-state index in [1.165, 1.54) is 0 Å². The monoisotopic (exact) mass is 471 g/mol. The molecule has 0 fully saturated rings. The van der Waals surface area contributed by atoms with Crippen LogP contribution in [-0.4, -0.2) is 15.0 Å². The van der Waals surface area contributed by atoms with Gasteiger partial charge in [0.2, 0.25) is 0 Å². The summed E-state index contributed by atoms with van der Waals surface area (Å²) in [4.78, 5) is 13.2. The molecule has 2 heterocycles. The number of benzene rings is 1. The van der Waals surface area contributed by atoms with Crippen molar-refractivity contribution in [3.8, 4) is 22.6 Å². The van der Waals surface area contributed by atoms with Crippen LogP contribution in [0.5, 0.6) is 0 Å². The van der Waals surface area contributed by atoms with E-state index < -0.39 is 0 Å². The van der Waals surface area contributed by atoms with E-state index in [1.807, 2.05) is 36.4 Å². The molecule has 6 heteroatoms. The van der Waals surface area contributed by atoms with Crippen molar-refractivity contribution in [2.45, 2.75) is 0 Å². The molecule has 0 bridgehead atoms. The fourth-order valence-electron chi connectivity index (χ4n) is 1.87. The Balaban J connectivity index is 2.19. The van der Waals surface area contributed by atoms with Gasteiger partial charge in [-0.15, -0.1) is 0 Å². The minimum atomic E-state index is 0.444. The number of pyridine rings is 1. The molecule has 104 valence electrons. The van der Waals surface area contributed by atoms with Crippen molar-refractivity contribution in [1.82, 2.24) is 15.0 Å². The third-order valence-corrected chi connectivity index (χ3v) is 4.87. The SMILES string of the molecule is Clc1nc(-c2cncc(Br)c2)nc(-c2ccccc2)c1I. The van der Waals surface area contributed by atoms with Gasteiger partial charge in [-0.2, -0.15) is 0 Å². The number of rotatable bonds is 2. The van der Waals surface area contributed by atoms with E-state index in [-0.39, 0.29) is 0 Å². The molecule has 0 aliphatic carbocycles. The molecule has 0 amide bonds. The van der Waals surface area contributed by atoms with Gasteiger partial charge in [-0.25, -0.2) is 9.97 Å². The molecule has 0 aliphatic heterocycles. The van der Waals surface area contributed by atoms with Crippen LogP contribution in [0.15, 0.2) is 53.3 Å². The lowest BCUT2D eigenvalue weighted by atomic mass is 10.1. The van der Waals surface area contributed by atoms with Crippen LogP contribution in [0.3, 0.4) is 0 Å². The third kappa shape index (κ3) is 3.25. The summed E-state index contributed by atoms with van der Waals surface area (Å²) in [6, 6.07) is 11.8. The second-order valence-corrected chi connectivity index (χ2v) is 6.61. The number of halogens is 3. The van der Waals surface area contributed by atoms with Gasteiger partial charge in [0.05, 0.1) is 9.26 Å². The number of hydrogen-bond acceptors (Lipinski definition) is 3. The predicted molar refractivity (Wildman–Crippen MR) is 96.1 cm³/mol. The molecule has 1 aromatic carbocycles. The third-order valence-electron chi connectivity index (χ3n) is 2.82. The maximum Gasteiger partial charge on any atom is 0.163 e. The van der Waals surface area contributed by atoms with Gasteiger partial charge in [0.1, 0.15) is 5.15 Å². The second kappa shape index (κ2) is 6.37. The van der Waals surface area contributed by atoms with E-state index >= 15 is 0 Å². The Bertz CT molecular complexity index is 796. The maximum absolute atomic E-state index is 6.27. The lowest BCUT2D eigenvalue weighted by Gasteiger charge is -2.08. The summed E-state index contributed by atoms with van der Waals surface area (Å²) in [5.41, 5.74) is 2.65. The summed E-state index contributed by atoms with van der Waals surface area (Å²) in [5, 5.41) is 0.444. The highest BCUT2D eigenvalue weighted by atomic mass is 127. The van der Waals surface area contributed by atoms with Crippen molar-refractivity contribution in [1.29, 1.82) is 0 Å². The van der Waals surface area contributed by atoms with E-state index in [0.29, 0.717) is 11.0 Å². The number of hydrogen-bond donors (Lipinski definition) is 0.